The van der Waals surface area contributed by atoms with E-state index in [0.29, 0.717) is 5.39 Å². The van der Waals surface area contributed by atoms with E-state index in [-0.39, 0.29) is 44.2 Å². The first kappa shape index (κ1) is 22.1. The van der Waals surface area contributed by atoms with Gasteiger partial charge in [0.15, 0.2) is 0 Å². The fourth-order valence-corrected chi connectivity index (χ4v) is 4.38. The van der Waals surface area contributed by atoms with Crippen LogP contribution >= 0.6 is 11.5 Å². The summed E-state index contributed by atoms with van der Waals surface area (Å²) >= 11 is 1.19. The van der Waals surface area contributed by atoms with Crippen LogP contribution in [0.1, 0.15) is 0 Å². The van der Waals surface area contributed by atoms with Crippen LogP contribution in [0.2, 0.25) is 0 Å². The number of hydrogen-bond donors (Lipinski definition) is 5. The quantitative estimate of drug-likeness (QED) is 0.272. The van der Waals surface area contributed by atoms with Gasteiger partial charge >= 0.3 is 6.09 Å². The highest BCUT2D eigenvalue weighted by molar-refractivity contribution is 7.13. The van der Waals surface area contributed by atoms with Crippen molar-refractivity contribution in [2.75, 3.05) is 26.2 Å². The molecule has 0 unspecified atom stereocenters. The van der Waals surface area contributed by atoms with Crippen LogP contribution in [0.25, 0.3) is 10.1 Å². The second-order valence-corrected chi connectivity index (χ2v) is 8.30. The number of aromatic hydroxyl groups is 5. The summed E-state index contributed by atoms with van der Waals surface area (Å²) in [5, 5.41) is 48.7. The summed E-state index contributed by atoms with van der Waals surface area (Å²) in [5.74, 6) is -6.97. The summed E-state index contributed by atoms with van der Waals surface area (Å²) in [7, 11) is 0. The van der Waals surface area contributed by atoms with Crippen molar-refractivity contribution >= 4 is 33.6 Å². The van der Waals surface area contributed by atoms with Crippen LogP contribution < -0.4 is 10.3 Å². The molecule has 0 saturated carbocycles. The summed E-state index contributed by atoms with van der Waals surface area (Å²) in [6.07, 6.45) is -1.02. The van der Waals surface area contributed by atoms with Gasteiger partial charge in [-0.2, -0.15) is 0 Å². The van der Waals surface area contributed by atoms with Gasteiger partial charge in [0.25, 0.3) is 5.56 Å². The molecule has 4 rings (SSSR count). The lowest BCUT2D eigenvalue weighted by molar-refractivity contribution is -0.133. The van der Waals surface area contributed by atoms with Crippen LogP contribution in [0.4, 0.5) is 4.79 Å². The van der Waals surface area contributed by atoms with Gasteiger partial charge in [-0.25, -0.2) is 4.79 Å². The van der Waals surface area contributed by atoms with E-state index < -0.39 is 40.6 Å². The van der Waals surface area contributed by atoms with Gasteiger partial charge in [0.2, 0.25) is 40.4 Å². The number of carbonyl (C=O) groups excluding carboxylic acids is 2. The number of rotatable bonds is 3. The third-order valence-corrected chi connectivity index (χ3v) is 6.31. The Morgan fingerprint density at radius 2 is 1.39 bits per heavy atom. The number of ether oxygens (including phenoxy) is 1. The van der Waals surface area contributed by atoms with E-state index in [1.807, 2.05) is 6.07 Å². The number of fused-ring (bicyclic) bond motifs is 1. The van der Waals surface area contributed by atoms with Gasteiger partial charge in [-0.1, -0.05) is 23.7 Å². The molecular formula is C20H19N3O9S. The monoisotopic (exact) mass is 477 g/mol. The molecule has 1 fully saturated rings. The third-order valence-electron chi connectivity index (χ3n) is 5.24. The van der Waals surface area contributed by atoms with Gasteiger partial charge < -0.3 is 40.1 Å². The van der Waals surface area contributed by atoms with E-state index in [1.54, 1.807) is 18.2 Å². The van der Waals surface area contributed by atoms with E-state index in [9.17, 15) is 39.9 Å². The van der Waals surface area contributed by atoms with Gasteiger partial charge in [-0.3, -0.25) is 13.5 Å². The summed E-state index contributed by atoms with van der Waals surface area (Å²) in [4.78, 5) is 40.2. The summed E-state index contributed by atoms with van der Waals surface area (Å²) in [6.45, 7) is 0.290. The molecule has 0 atom stereocenters. The Morgan fingerprint density at radius 1 is 0.848 bits per heavy atom. The first-order chi connectivity index (χ1) is 15.7. The van der Waals surface area contributed by atoms with Crippen molar-refractivity contribution < 1.29 is 39.9 Å². The minimum atomic E-state index is -1.17. The third kappa shape index (κ3) is 3.93. The van der Waals surface area contributed by atoms with Crippen LogP contribution in [0.5, 0.6) is 34.5 Å². The molecule has 0 aliphatic carbocycles. The molecule has 33 heavy (non-hydrogen) atoms. The first-order valence-electron chi connectivity index (χ1n) is 9.71. The molecule has 0 radical (unpaired) electrons. The smallest absolute Gasteiger partial charge is 0.415 e. The average molecular weight is 477 g/mol. The Balaban J connectivity index is 1.39. The van der Waals surface area contributed by atoms with Crippen molar-refractivity contribution in [1.82, 2.24) is 13.8 Å². The van der Waals surface area contributed by atoms with Crippen molar-refractivity contribution in [3.05, 3.63) is 34.6 Å². The zero-order valence-electron chi connectivity index (χ0n) is 17.0. The Bertz CT molecular complexity index is 1280. The summed E-state index contributed by atoms with van der Waals surface area (Å²) in [5.41, 5.74) is -0.244. The number of hydrogen-bond acceptors (Lipinski definition) is 10. The van der Waals surface area contributed by atoms with Crippen molar-refractivity contribution in [3.8, 4) is 34.5 Å². The number of phenols is 5. The zero-order valence-corrected chi connectivity index (χ0v) is 17.8. The number of phenolic OH excluding ortho intramolecular Hbond substituents is 5. The molecule has 1 saturated heterocycles. The number of aromatic nitrogens is 1. The van der Waals surface area contributed by atoms with Gasteiger partial charge in [-0.05, 0) is 12.1 Å². The van der Waals surface area contributed by atoms with Gasteiger partial charge in [0.05, 0.1) is 10.1 Å². The summed E-state index contributed by atoms with van der Waals surface area (Å²) in [6, 6.07) is 7.06. The van der Waals surface area contributed by atoms with Crippen molar-refractivity contribution in [2.45, 2.75) is 6.54 Å². The van der Waals surface area contributed by atoms with Crippen LogP contribution in [-0.2, 0) is 11.3 Å². The fourth-order valence-electron chi connectivity index (χ4n) is 3.40. The Labute approximate surface area is 189 Å². The van der Waals surface area contributed by atoms with E-state index >= 15 is 0 Å². The molecule has 12 nitrogen and oxygen atoms in total. The van der Waals surface area contributed by atoms with Crippen LogP contribution in [0.3, 0.4) is 0 Å². The molecule has 3 aromatic rings. The number of carbonyl (C=O) groups is 2. The Hall–Kier alpha value is -4.13. The Kier molecular flexibility index (Phi) is 5.64. The maximum atomic E-state index is 12.7. The van der Waals surface area contributed by atoms with E-state index in [0.717, 1.165) is 4.70 Å². The van der Waals surface area contributed by atoms with Crippen molar-refractivity contribution in [2.24, 2.45) is 0 Å². The molecule has 1 aromatic heterocycles. The van der Waals surface area contributed by atoms with Crippen molar-refractivity contribution in [1.29, 1.82) is 0 Å². The van der Waals surface area contributed by atoms with Crippen LogP contribution in [-0.4, -0.2) is 77.5 Å². The molecule has 2 heterocycles. The molecular weight excluding hydrogens is 458 g/mol. The fraction of sp³-hybridized carbons (Fsp3) is 0.250. The minimum absolute atomic E-state index is 0.0590. The molecule has 174 valence electrons. The predicted molar refractivity (Wildman–Crippen MR) is 115 cm³/mol. The molecule has 0 bridgehead atoms. The molecule has 5 N–H and O–H groups in total. The molecule has 2 aromatic carbocycles. The topological polar surface area (TPSA) is 173 Å². The van der Waals surface area contributed by atoms with Gasteiger partial charge in [-0.15, -0.1) is 0 Å². The predicted octanol–water partition coefficient (Wildman–Crippen LogP) is 0.934. The van der Waals surface area contributed by atoms with E-state index in [4.69, 9.17) is 4.74 Å². The highest BCUT2D eigenvalue weighted by Gasteiger charge is 2.30. The largest absolute Gasteiger partial charge is 0.502 e. The standard InChI is InChI=1S/C20H19N3O9S/c24-12(9-23-19(30)10-3-1-2-4-11(10)33-23)21-5-7-22(8-6-21)20(31)32-18-16(28)14(26)13(25)15(27)17(18)29/h1-4,25-29H,5-9H2. The van der Waals surface area contributed by atoms with Gasteiger partial charge in [0.1, 0.15) is 6.54 Å². The average Bonchev–Trinajstić information content (AvgIpc) is 3.14. The number of piperazine rings is 1. The summed E-state index contributed by atoms with van der Waals surface area (Å²) < 4.78 is 7.04. The molecule has 2 amide bonds. The normalized spacial score (nSPS) is 13.9. The van der Waals surface area contributed by atoms with Crippen LogP contribution in [0, 0.1) is 0 Å². The maximum absolute atomic E-state index is 12.7. The Morgan fingerprint density at radius 3 is 2.00 bits per heavy atom. The van der Waals surface area contributed by atoms with E-state index in [2.05, 4.69) is 0 Å². The van der Waals surface area contributed by atoms with Crippen LogP contribution in [0.15, 0.2) is 29.1 Å². The molecule has 0 spiro atoms. The number of amides is 2. The SMILES string of the molecule is O=C(Cn1sc2ccccc2c1=O)N1CCN(C(=O)Oc2c(O)c(O)c(O)c(O)c2O)CC1. The highest BCUT2D eigenvalue weighted by Crippen LogP contribution is 2.55. The highest BCUT2D eigenvalue weighted by atomic mass is 32.1. The second-order valence-electron chi connectivity index (χ2n) is 7.24. The lowest BCUT2D eigenvalue weighted by Crippen LogP contribution is -2.52. The van der Waals surface area contributed by atoms with E-state index in [1.165, 1.54) is 25.3 Å². The lowest BCUT2D eigenvalue weighted by Gasteiger charge is -2.34. The van der Waals surface area contributed by atoms with Gasteiger partial charge in [0, 0.05) is 26.2 Å². The minimum Gasteiger partial charge on any atom is -0.502 e. The maximum Gasteiger partial charge on any atom is 0.415 e. The first-order valence-corrected chi connectivity index (χ1v) is 10.5. The lowest BCUT2D eigenvalue weighted by atomic mass is 10.2. The molecule has 1 aliphatic rings. The zero-order chi connectivity index (χ0) is 23.9. The van der Waals surface area contributed by atoms with Crippen molar-refractivity contribution in [3.63, 3.8) is 0 Å². The number of benzene rings is 2. The second kappa shape index (κ2) is 8.43. The molecule has 13 heteroatoms. The number of nitrogens with zero attached hydrogens (tertiary/aromatic N) is 3. The molecule has 1 aliphatic heterocycles.